The molecule has 2 aromatic rings. The third-order valence-electron chi connectivity index (χ3n) is 4.17. The second-order valence-electron chi connectivity index (χ2n) is 5.45. The Hall–Kier alpha value is -2.10. The van der Waals surface area contributed by atoms with Crippen LogP contribution >= 0.6 is 0 Å². The SMILES string of the molecule is COc1ccc(C(=O)CCn2ccnc2)c2c1CCCC2. The fourth-order valence-corrected chi connectivity index (χ4v) is 3.07. The Labute approximate surface area is 124 Å². The second kappa shape index (κ2) is 6.12. The van der Waals surface area contributed by atoms with Crippen molar-refractivity contribution in [3.63, 3.8) is 0 Å². The van der Waals surface area contributed by atoms with Crippen molar-refractivity contribution in [2.75, 3.05) is 7.11 Å². The zero-order valence-corrected chi connectivity index (χ0v) is 12.3. The van der Waals surface area contributed by atoms with Crippen LogP contribution in [0.1, 0.15) is 40.7 Å². The van der Waals surface area contributed by atoms with Crippen molar-refractivity contribution in [2.24, 2.45) is 0 Å². The number of hydrogen-bond acceptors (Lipinski definition) is 3. The first kappa shape index (κ1) is 13.9. The predicted molar refractivity (Wildman–Crippen MR) is 80.8 cm³/mol. The Bertz CT molecular complexity index is 632. The molecule has 1 aliphatic rings. The molecular weight excluding hydrogens is 264 g/mol. The molecule has 0 atom stereocenters. The summed E-state index contributed by atoms with van der Waals surface area (Å²) < 4.78 is 7.38. The summed E-state index contributed by atoms with van der Waals surface area (Å²) in [6.07, 6.45) is 10.2. The van der Waals surface area contributed by atoms with Gasteiger partial charge in [0.05, 0.1) is 13.4 Å². The van der Waals surface area contributed by atoms with Gasteiger partial charge in [-0.05, 0) is 48.9 Å². The van der Waals surface area contributed by atoms with Crippen LogP contribution in [0.2, 0.25) is 0 Å². The standard InChI is InChI=1S/C17H20N2O2/c1-21-17-7-6-14(13-4-2-3-5-15(13)17)16(20)8-10-19-11-9-18-12-19/h6-7,9,11-12H,2-5,8,10H2,1H3. The maximum absolute atomic E-state index is 12.5. The molecule has 1 aromatic carbocycles. The van der Waals surface area contributed by atoms with Crippen molar-refractivity contribution in [2.45, 2.75) is 38.6 Å². The van der Waals surface area contributed by atoms with E-state index in [0.717, 1.165) is 30.6 Å². The molecule has 0 N–H and O–H groups in total. The number of aryl methyl sites for hydroxylation is 1. The lowest BCUT2D eigenvalue weighted by Crippen LogP contribution is -2.13. The molecule has 4 heteroatoms. The zero-order chi connectivity index (χ0) is 14.7. The number of Topliss-reactive ketones (excluding diaryl/α,β-unsaturated/α-hetero) is 1. The van der Waals surface area contributed by atoms with Crippen molar-refractivity contribution < 1.29 is 9.53 Å². The summed E-state index contributed by atoms with van der Waals surface area (Å²) in [5, 5.41) is 0. The summed E-state index contributed by atoms with van der Waals surface area (Å²) in [6.45, 7) is 0.680. The number of aromatic nitrogens is 2. The maximum atomic E-state index is 12.5. The lowest BCUT2D eigenvalue weighted by molar-refractivity contribution is 0.0976. The van der Waals surface area contributed by atoms with Gasteiger partial charge in [0.15, 0.2) is 5.78 Å². The minimum Gasteiger partial charge on any atom is -0.496 e. The number of carbonyl (C=O) groups excluding carboxylic acids is 1. The van der Waals surface area contributed by atoms with Crippen molar-refractivity contribution in [1.82, 2.24) is 9.55 Å². The summed E-state index contributed by atoms with van der Waals surface area (Å²) in [4.78, 5) is 16.5. The molecule has 0 saturated carbocycles. The molecule has 0 saturated heterocycles. The molecular formula is C17H20N2O2. The van der Waals surface area contributed by atoms with E-state index in [1.54, 1.807) is 19.6 Å². The molecule has 110 valence electrons. The highest BCUT2D eigenvalue weighted by atomic mass is 16.5. The van der Waals surface area contributed by atoms with Crippen LogP contribution in [-0.2, 0) is 19.4 Å². The van der Waals surface area contributed by atoms with Crippen molar-refractivity contribution in [1.29, 1.82) is 0 Å². The van der Waals surface area contributed by atoms with Gasteiger partial charge in [-0.1, -0.05) is 0 Å². The summed E-state index contributed by atoms with van der Waals surface area (Å²) in [5.41, 5.74) is 3.32. The van der Waals surface area contributed by atoms with Gasteiger partial charge < -0.3 is 9.30 Å². The van der Waals surface area contributed by atoms with E-state index in [1.807, 2.05) is 22.9 Å². The highest BCUT2D eigenvalue weighted by molar-refractivity contribution is 5.98. The Balaban J connectivity index is 1.82. The molecule has 0 spiro atoms. The van der Waals surface area contributed by atoms with Crippen LogP contribution in [0.15, 0.2) is 30.9 Å². The van der Waals surface area contributed by atoms with E-state index in [1.165, 1.54) is 17.5 Å². The Morgan fingerprint density at radius 3 is 2.81 bits per heavy atom. The summed E-state index contributed by atoms with van der Waals surface area (Å²) in [7, 11) is 1.70. The maximum Gasteiger partial charge on any atom is 0.164 e. The fraction of sp³-hybridized carbons (Fsp3) is 0.412. The van der Waals surface area contributed by atoms with Crippen LogP contribution in [0.4, 0.5) is 0 Å². The molecule has 0 unspecified atom stereocenters. The molecule has 3 rings (SSSR count). The average molecular weight is 284 g/mol. The molecule has 0 amide bonds. The summed E-state index contributed by atoms with van der Waals surface area (Å²) in [6, 6.07) is 3.87. The number of carbonyl (C=O) groups is 1. The van der Waals surface area contributed by atoms with Gasteiger partial charge in [-0.15, -0.1) is 0 Å². The first-order valence-electron chi connectivity index (χ1n) is 7.47. The molecule has 0 bridgehead atoms. The van der Waals surface area contributed by atoms with Crippen molar-refractivity contribution in [3.8, 4) is 5.75 Å². The van der Waals surface area contributed by atoms with Gasteiger partial charge in [-0.3, -0.25) is 4.79 Å². The Morgan fingerprint density at radius 1 is 1.29 bits per heavy atom. The normalized spacial score (nSPS) is 13.8. The number of benzene rings is 1. The van der Waals surface area contributed by atoms with Gasteiger partial charge in [0.25, 0.3) is 0 Å². The highest BCUT2D eigenvalue weighted by Crippen LogP contribution is 2.32. The molecule has 1 aromatic heterocycles. The first-order chi connectivity index (χ1) is 10.3. The van der Waals surface area contributed by atoms with Crippen molar-refractivity contribution in [3.05, 3.63) is 47.5 Å². The zero-order valence-electron chi connectivity index (χ0n) is 12.3. The quantitative estimate of drug-likeness (QED) is 0.793. The minimum atomic E-state index is 0.213. The molecule has 1 aliphatic carbocycles. The van der Waals surface area contributed by atoms with E-state index in [2.05, 4.69) is 4.98 Å². The summed E-state index contributed by atoms with van der Waals surface area (Å²) >= 11 is 0. The number of nitrogens with zero attached hydrogens (tertiary/aromatic N) is 2. The lowest BCUT2D eigenvalue weighted by atomic mass is 9.86. The number of ketones is 1. The van der Waals surface area contributed by atoms with E-state index in [4.69, 9.17) is 4.74 Å². The van der Waals surface area contributed by atoms with Gasteiger partial charge in [0.1, 0.15) is 5.75 Å². The van der Waals surface area contributed by atoms with E-state index in [-0.39, 0.29) is 5.78 Å². The third-order valence-corrected chi connectivity index (χ3v) is 4.17. The number of imidazole rings is 1. The van der Waals surface area contributed by atoms with Crippen LogP contribution in [0, 0.1) is 0 Å². The van der Waals surface area contributed by atoms with Crippen LogP contribution < -0.4 is 4.74 Å². The molecule has 21 heavy (non-hydrogen) atoms. The van der Waals surface area contributed by atoms with Gasteiger partial charge in [-0.25, -0.2) is 4.98 Å². The van der Waals surface area contributed by atoms with E-state index in [9.17, 15) is 4.79 Å². The number of methoxy groups -OCH3 is 1. The minimum absolute atomic E-state index is 0.213. The molecule has 0 fully saturated rings. The van der Waals surface area contributed by atoms with Crippen LogP contribution in [-0.4, -0.2) is 22.4 Å². The lowest BCUT2D eigenvalue weighted by Gasteiger charge is -2.21. The predicted octanol–water partition coefficient (Wildman–Crippen LogP) is 3.04. The highest BCUT2D eigenvalue weighted by Gasteiger charge is 2.20. The van der Waals surface area contributed by atoms with Gasteiger partial charge >= 0.3 is 0 Å². The van der Waals surface area contributed by atoms with Crippen LogP contribution in [0.5, 0.6) is 5.75 Å². The second-order valence-corrected chi connectivity index (χ2v) is 5.45. The molecule has 0 radical (unpaired) electrons. The summed E-state index contributed by atoms with van der Waals surface area (Å²) in [5.74, 6) is 1.14. The molecule has 4 nitrogen and oxygen atoms in total. The van der Waals surface area contributed by atoms with Crippen LogP contribution in [0.25, 0.3) is 0 Å². The Kier molecular flexibility index (Phi) is 4.04. The van der Waals surface area contributed by atoms with E-state index >= 15 is 0 Å². The van der Waals surface area contributed by atoms with E-state index in [0.29, 0.717) is 13.0 Å². The topological polar surface area (TPSA) is 44.1 Å². The average Bonchev–Trinajstić information content (AvgIpc) is 3.05. The largest absolute Gasteiger partial charge is 0.496 e. The third kappa shape index (κ3) is 2.84. The Morgan fingerprint density at radius 2 is 2.10 bits per heavy atom. The monoisotopic (exact) mass is 284 g/mol. The number of hydrogen-bond donors (Lipinski definition) is 0. The number of fused-ring (bicyclic) bond motifs is 1. The van der Waals surface area contributed by atoms with E-state index < -0.39 is 0 Å². The number of rotatable bonds is 5. The molecule has 0 aliphatic heterocycles. The smallest absolute Gasteiger partial charge is 0.164 e. The molecule has 1 heterocycles. The van der Waals surface area contributed by atoms with Crippen molar-refractivity contribution >= 4 is 5.78 Å². The van der Waals surface area contributed by atoms with Gasteiger partial charge in [0, 0.05) is 30.9 Å². The number of ether oxygens (including phenoxy) is 1. The van der Waals surface area contributed by atoms with Crippen LogP contribution in [0.3, 0.4) is 0 Å². The van der Waals surface area contributed by atoms with Gasteiger partial charge in [0.2, 0.25) is 0 Å². The fourth-order valence-electron chi connectivity index (χ4n) is 3.07. The van der Waals surface area contributed by atoms with Gasteiger partial charge in [-0.2, -0.15) is 0 Å². The first-order valence-corrected chi connectivity index (χ1v) is 7.47.